The molecule has 0 fully saturated rings. The van der Waals surface area contributed by atoms with Crippen LogP contribution in [0.3, 0.4) is 0 Å². The largest absolute Gasteiger partial charge is 0.545 e. The third-order valence-corrected chi connectivity index (χ3v) is 5.46. The van der Waals surface area contributed by atoms with Crippen LogP contribution in [0.5, 0.6) is 0 Å². The van der Waals surface area contributed by atoms with Gasteiger partial charge in [-0.1, -0.05) is 6.92 Å². The molecule has 0 saturated heterocycles. The van der Waals surface area contributed by atoms with Gasteiger partial charge in [-0.15, -0.1) is 16.4 Å². The van der Waals surface area contributed by atoms with Crippen LogP contribution in [-0.4, -0.2) is 25.6 Å². The second-order valence-electron chi connectivity index (χ2n) is 6.05. The van der Waals surface area contributed by atoms with Crippen LogP contribution in [0.2, 0.25) is 0 Å². The van der Waals surface area contributed by atoms with Crippen molar-refractivity contribution in [1.82, 2.24) is 19.6 Å². The summed E-state index contributed by atoms with van der Waals surface area (Å²) in [5.41, 5.74) is 2.10. The summed E-state index contributed by atoms with van der Waals surface area (Å²) >= 11 is 1.74. The lowest BCUT2D eigenvalue weighted by Crippen LogP contribution is -2.18. The van der Waals surface area contributed by atoms with Gasteiger partial charge in [-0.05, 0) is 49.8 Å². The molecule has 0 saturated carbocycles. The van der Waals surface area contributed by atoms with Gasteiger partial charge in [0.05, 0.1) is 11.4 Å². The minimum absolute atomic E-state index is 0.357. The van der Waals surface area contributed by atoms with E-state index in [-0.39, 0.29) is 0 Å². The predicted molar refractivity (Wildman–Crippen MR) is 86.1 cm³/mol. The first-order chi connectivity index (χ1) is 11.0. The molecule has 118 valence electrons. The topological polar surface area (TPSA) is 83.2 Å². The van der Waals surface area contributed by atoms with Crippen molar-refractivity contribution >= 4 is 39.2 Å². The maximum Gasteiger partial charge on any atom is 0.175 e. The maximum atomic E-state index is 10.6. The monoisotopic (exact) mass is 327 g/mol. The Morgan fingerprint density at radius 3 is 3.04 bits per heavy atom. The molecule has 3 heterocycles. The summed E-state index contributed by atoms with van der Waals surface area (Å²) in [6.07, 6.45) is 5.64. The van der Waals surface area contributed by atoms with Gasteiger partial charge in [0.25, 0.3) is 0 Å². The van der Waals surface area contributed by atoms with E-state index in [9.17, 15) is 9.90 Å². The molecule has 0 bridgehead atoms. The van der Waals surface area contributed by atoms with Crippen LogP contribution in [0.15, 0.2) is 6.08 Å². The number of carbonyl (C=O) groups excluding carboxylic acids is 1. The summed E-state index contributed by atoms with van der Waals surface area (Å²) in [6.45, 7) is 4.15. The molecule has 4 rings (SSSR count). The Bertz CT molecular complexity index is 970. The smallest absolute Gasteiger partial charge is 0.175 e. The lowest BCUT2D eigenvalue weighted by atomic mass is 9.89. The second-order valence-corrected chi connectivity index (χ2v) is 7.13. The Kier molecular flexibility index (Phi) is 3.19. The first-order valence-corrected chi connectivity index (χ1v) is 8.41. The molecular weight excluding hydrogens is 312 g/mol. The highest BCUT2D eigenvalue weighted by Gasteiger charge is 2.24. The molecule has 3 aromatic heterocycles. The van der Waals surface area contributed by atoms with Crippen molar-refractivity contribution in [3.63, 3.8) is 0 Å². The third-order valence-electron chi connectivity index (χ3n) is 4.27. The van der Waals surface area contributed by atoms with Crippen LogP contribution >= 0.6 is 11.3 Å². The van der Waals surface area contributed by atoms with Gasteiger partial charge in [0.1, 0.15) is 10.7 Å². The highest BCUT2D eigenvalue weighted by atomic mass is 32.1. The van der Waals surface area contributed by atoms with Gasteiger partial charge in [0, 0.05) is 4.88 Å². The molecule has 3 aromatic rings. The molecule has 0 aromatic carbocycles. The van der Waals surface area contributed by atoms with E-state index in [1.54, 1.807) is 15.9 Å². The number of carbonyl (C=O) groups is 1. The zero-order valence-corrected chi connectivity index (χ0v) is 13.7. The summed E-state index contributed by atoms with van der Waals surface area (Å²) < 4.78 is 1.70. The van der Waals surface area contributed by atoms with E-state index in [0.29, 0.717) is 11.7 Å². The predicted octanol–water partition coefficient (Wildman–Crippen LogP) is 1.54. The van der Waals surface area contributed by atoms with E-state index >= 15 is 0 Å². The zero-order valence-electron chi connectivity index (χ0n) is 12.9. The summed E-state index contributed by atoms with van der Waals surface area (Å²) in [4.78, 5) is 22.2. The Balaban J connectivity index is 1.99. The summed E-state index contributed by atoms with van der Waals surface area (Å²) in [5, 5.41) is 16.0. The standard InChI is InChI=1S/C16H16N4O2S/c1-8-3-4-11-10(7-8)14-15-18-12(5-6-13(21)22)19-20(15)9(2)17-16(14)23-11/h5-6,8H,3-4,7H2,1-2H3,(H,21,22)/p-1/b6-5+/t8-/m0/s1. The van der Waals surface area contributed by atoms with Gasteiger partial charge in [0.2, 0.25) is 0 Å². The second kappa shape index (κ2) is 5.13. The SMILES string of the molecule is Cc1nc2sc3c(c2c2nc(/C=C/C(=O)[O-])nn12)C[C@@H](C)CC3. The van der Waals surface area contributed by atoms with Crippen LogP contribution < -0.4 is 5.11 Å². The lowest BCUT2D eigenvalue weighted by molar-refractivity contribution is -0.297. The molecule has 0 N–H and O–H groups in total. The fourth-order valence-corrected chi connectivity index (χ4v) is 4.43. The number of hydrogen-bond donors (Lipinski definition) is 0. The number of carboxylic acid groups (broad SMARTS) is 1. The van der Waals surface area contributed by atoms with E-state index in [2.05, 4.69) is 22.0 Å². The Morgan fingerprint density at radius 2 is 2.26 bits per heavy atom. The van der Waals surface area contributed by atoms with Gasteiger partial charge < -0.3 is 9.90 Å². The number of aromatic nitrogens is 4. The van der Waals surface area contributed by atoms with Crippen molar-refractivity contribution in [2.45, 2.75) is 33.1 Å². The molecule has 7 heteroatoms. The highest BCUT2D eigenvalue weighted by Crippen LogP contribution is 2.38. The normalized spacial score (nSPS) is 18.1. The maximum absolute atomic E-state index is 10.6. The molecule has 1 atom stereocenters. The molecule has 0 spiro atoms. The van der Waals surface area contributed by atoms with Crippen molar-refractivity contribution < 1.29 is 9.90 Å². The number of thiophene rings is 1. The van der Waals surface area contributed by atoms with E-state index in [0.717, 1.165) is 40.6 Å². The Morgan fingerprint density at radius 1 is 1.43 bits per heavy atom. The number of aryl methyl sites for hydroxylation is 2. The minimum atomic E-state index is -1.26. The van der Waals surface area contributed by atoms with Crippen molar-refractivity contribution in [3.8, 4) is 0 Å². The number of aliphatic carboxylic acids is 1. The van der Waals surface area contributed by atoms with Gasteiger partial charge in [-0.2, -0.15) is 4.52 Å². The average Bonchev–Trinajstić information content (AvgIpc) is 3.06. The zero-order chi connectivity index (χ0) is 16.1. The number of fused-ring (bicyclic) bond motifs is 5. The molecule has 0 aliphatic heterocycles. The molecular formula is C16H15N4O2S-. The molecule has 6 nitrogen and oxygen atoms in total. The summed E-state index contributed by atoms with van der Waals surface area (Å²) in [5.74, 6) is 0.503. The van der Waals surface area contributed by atoms with Crippen LogP contribution in [0.25, 0.3) is 21.9 Å². The summed E-state index contributed by atoms with van der Waals surface area (Å²) in [6, 6.07) is 0. The molecule has 1 aliphatic carbocycles. The lowest BCUT2D eigenvalue weighted by Gasteiger charge is -2.17. The highest BCUT2D eigenvalue weighted by molar-refractivity contribution is 7.19. The first kappa shape index (κ1) is 14.3. The van der Waals surface area contributed by atoms with Crippen molar-refractivity contribution in [3.05, 3.63) is 28.2 Å². The van der Waals surface area contributed by atoms with E-state index < -0.39 is 5.97 Å². The number of rotatable bonds is 2. The minimum Gasteiger partial charge on any atom is -0.545 e. The molecule has 23 heavy (non-hydrogen) atoms. The average molecular weight is 327 g/mol. The Labute approximate surface area is 136 Å². The third kappa shape index (κ3) is 2.31. The number of nitrogens with zero attached hydrogens (tertiary/aromatic N) is 4. The summed E-state index contributed by atoms with van der Waals surface area (Å²) in [7, 11) is 0. The fourth-order valence-electron chi connectivity index (χ4n) is 3.18. The van der Waals surface area contributed by atoms with Crippen LogP contribution in [0, 0.1) is 12.8 Å². The van der Waals surface area contributed by atoms with Gasteiger partial charge in [-0.3, -0.25) is 0 Å². The molecule has 1 aliphatic rings. The quantitative estimate of drug-likeness (QED) is 0.667. The van der Waals surface area contributed by atoms with E-state index in [1.807, 2.05) is 6.92 Å². The van der Waals surface area contributed by atoms with Crippen molar-refractivity contribution in [2.75, 3.05) is 0 Å². The molecule has 0 amide bonds. The van der Waals surface area contributed by atoms with Crippen LogP contribution in [0.1, 0.15) is 35.4 Å². The number of carboxylic acids is 1. The molecule has 0 radical (unpaired) electrons. The van der Waals surface area contributed by atoms with Crippen LogP contribution in [0.4, 0.5) is 0 Å². The van der Waals surface area contributed by atoms with Gasteiger partial charge in [-0.25, -0.2) is 9.97 Å². The Hall–Kier alpha value is -2.28. The van der Waals surface area contributed by atoms with E-state index in [1.165, 1.54) is 22.9 Å². The first-order valence-electron chi connectivity index (χ1n) is 7.59. The van der Waals surface area contributed by atoms with Crippen LogP contribution in [-0.2, 0) is 17.6 Å². The number of hydrogen-bond acceptors (Lipinski definition) is 6. The van der Waals surface area contributed by atoms with Gasteiger partial charge >= 0.3 is 0 Å². The van der Waals surface area contributed by atoms with Crippen molar-refractivity contribution in [1.29, 1.82) is 0 Å². The molecule has 0 unspecified atom stereocenters. The van der Waals surface area contributed by atoms with E-state index in [4.69, 9.17) is 0 Å². The van der Waals surface area contributed by atoms with Crippen molar-refractivity contribution in [2.24, 2.45) is 5.92 Å². The van der Waals surface area contributed by atoms with Gasteiger partial charge in [0.15, 0.2) is 11.5 Å². The fraction of sp³-hybridized carbons (Fsp3) is 0.375.